The van der Waals surface area contributed by atoms with Crippen LogP contribution < -0.4 is 0 Å². The van der Waals surface area contributed by atoms with Crippen molar-refractivity contribution < 1.29 is 21.6 Å². The second kappa shape index (κ2) is 12.6. The van der Waals surface area contributed by atoms with E-state index < -0.39 is 53.8 Å². The van der Waals surface area contributed by atoms with Crippen LogP contribution in [0.2, 0.25) is 0 Å². The first-order chi connectivity index (χ1) is 21.9. The van der Waals surface area contributed by atoms with Crippen LogP contribution in [0.25, 0.3) is 0 Å². The van der Waals surface area contributed by atoms with Gasteiger partial charge in [-0.25, -0.2) is 16.8 Å². The van der Waals surface area contributed by atoms with E-state index in [4.69, 9.17) is 0 Å². The molecule has 2 fully saturated rings. The average Bonchev–Trinajstić information content (AvgIpc) is 3.05. The summed E-state index contributed by atoms with van der Waals surface area (Å²) in [6.45, 7) is 7.90. The molecule has 240 valence electrons. The molecule has 0 aliphatic heterocycles. The van der Waals surface area contributed by atoms with E-state index in [0.717, 1.165) is 39.8 Å². The third kappa shape index (κ3) is 6.00. The molecule has 2 aliphatic carbocycles. The van der Waals surface area contributed by atoms with Gasteiger partial charge in [-0.2, -0.15) is 0 Å². The Morgan fingerprint density at radius 2 is 1.02 bits per heavy atom. The SMILES string of the molecule is CCc1ccc(C2CC(=O)C3CC(S(=O)(=O)c4ccc(C)cc4)C(c4ccc(C)cc4)CC3C2S(=O)(=O)c2ccc(C)cc2)cc1. The normalized spacial score (nSPS) is 25.2. The number of hydrogen-bond acceptors (Lipinski definition) is 5. The highest BCUT2D eigenvalue weighted by atomic mass is 32.2. The zero-order chi connectivity index (χ0) is 32.8. The van der Waals surface area contributed by atoms with Crippen LogP contribution in [0, 0.1) is 32.6 Å². The van der Waals surface area contributed by atoms with Crippen molar-refractivity contribution >= 4 is 25.5 Å². The molecule has 4 aromatic rings. The van der Waals surface area contributed by atoms with Crippen molar-refractivity contribution in [3.8, 4) is 0 Å². The van der Waals surface area contributed by atoms with E-state index in [1.165, 1.54) is 0 Å². The minimum absolute atomic E-state index is 0.0450. The number of carbonyl (C=O) groups excluding carboxylic acids is 1. The van der Waals surface area contributed by atoms with Crippen molar-refractivity contribution in [1.29, 1.82) is 0 Å². The molecular weight excluding hydrogens is 613 g/mol. The predicted octanol–water partition coefficient (Wildman–Crippen LogP) is 7.73. The summed E-state index contributed by atoms with van der Waals surface area (Å²) in [6.07, 6.45) is 1.30. The number of benzene rings is 4. The van der Waals surface area contributed by atoms with Crippen LogP contribution in [-0.2, 0) is 30.9 Å². The molecule has 0 saturated heterocycles. The number of carbonyl (C=O) groups is 1. The largest absolute Gasteiger partial charge is 0.299 e. The molecule has 0 amide bonds. The van der Waals surface area contributed by atoms with Crippen molar-refractivity contribution in [1.82, 2.24) is 0 Å². The van der Waals surface area contributed by atoms with Crippen LogP contribution in [0.15, 0.2) is 107 Å². The maximum atomic E-state index is 14.8. The van der Waals surface area contributed by atoms with E-state index in [0.29, 0.717) is 0 Å². The quantitative estimate of drug-likeness (QED) is 0.204. The molecule has 0 spiro atoms. The topological polar surface area (TPSA) is 85.3 Å². The zero-order valence-corrected chi connectivity index (χ0v) is 28.5. The van der Waals surface area contributed by atoms with Crippen molar-refractivity contribution in [2.45, 2.75) is 85.5 Å². The lowest BCUT2D eigenvalue weighted by Crippen LogP contribution is -2.53. The molecule has 4 aromatic carbocycles. The summed E-state index contributed by atoms with van der Waals surface area (Å²) in [6, 6.07) is 29.7. The molecule has 46 heavy (non-hydrogen) atoms. The van der Waals surface area contributed by atoms with Gasteiger partial charge in [0.1, 0.15) is 5.78 Å². The van der Waals surface area contributed by atoms with E-state index in [-0.39, 0.29) is 34.8 Å². The van der Waals surface area contributed by atoms with Crippen LogP contribution in [0.5, 0.6) is 0 Å². The average molecular weight is 655 g/mol. The summed E-state index contributed by atoms with van der Waals surface area (Å²) in [5.41, 5.74) is 5.82. The second-order valence-corrected chi connectivity index (χ2v) is 17.6. The maximum Gasteiger partial charge on any atom is 0.182 e. The Balaban J connectivity index is 1.50. The van der Waals surface area contributed by atoms with Gasteiger partial charge in [-0.15, -0.1) is 0 Å². The molecule has 0 aromatic heterocycles. The number of sulfone groups is 2. The van der Waals surface area contributed by atoms with Crippen LogP contribution >= 0.6 is 0 Å². The van der Waals surface area contributed by atoms with Gasteiger partial charge in [0.05, 0.1) is 20.3 Å². The molecule has 0 heterocycles. The molecule has 2 saturated carbocycles. The van der Waals surface area contributed by atoms with Crippen molar-refractivity contribution in [2.75, 3.05) is 0 Å². The number of ketones is 1. The minimum atomic E-state index is -3.91. The molecule has 6 unspecified atom stereocenters. The van der Waals surface area contributed by atoms with E-state index in [1.807, 2.05) is 81.4 Å². The lowest BCUT2D eigenvalue weighted by molar-refractivity contribution is -0.128. The zero-order valence-electron chi connectivity index (χ0n) is 26.9. The van der Waals surface area contributed by atoms with Gasteiger partial charge in [0, 0.05) is 24.2 Å². The monoisotopic (exact) mass is 654 g/mol. The van der Waals surface area contributed by atoms with Gasteiger partial charge in [0.15, 0.2) is 19.7 Å². The molecule has 2 aliphatic rings. The number of fused-ring (bicyclic) bond motifs is 1. The third-order valence-electron chi connectivity index (χ3n) is 10.4. The fourth-order valence-corrected chi connectivity index (χ4v) is 12.1. The number of rotatable bonds is 7. The Hall–Kier alpha value is -3.55. The molecule has 7 heteroatoms. The Bertz CT molecular complexity index is 1930. The highest BCUT2D eigenvalue weighted by Gasteiger charge is 2.56. The molecule has 0 bridgehead atoms. The predicted molar refractivity (Wildman–Crippen MR) is 183 cm³/mol. The van der Waals surface area contributed by atoms with E-state index in [9.17, 15) is 21.6 Å². The number of Topliss-reactive ketones (excluding diaryl/α,β-unsaturated/α-hetero) is 1. The van der Waals surface area contributed by atoms with Gasteiger partial charge in [-0.1, -0.05) is 96.4 Å². The Morgan fingerprint density at radius 1 is 0.565 bits per heavy atom. The van der Waals surface area contributed by atoms with Gasteiger partial charge in [0.2, 0.25) is 0 Å². The molecule has 5 nitrogen and oxygen atoms in total. The first kappa shape index (κ1) is 32.4. The minimum Gasteiger partial charge on any atom is -0.299 e. The lowest BCUT2D eigenvalue weighted by atomic mass is 9.61. The van der Waals surface area contributed by atoms with E-state index in [1.54, 1.807) is 36.4 Å². The van der Waals surface area contributed by atoms with E-state index >= 15 is 0 Å². The van der Waals surface area contributed by atoms with Crippen molar-refractivity contribution in [2.24, 2.45) is 11.8 Å². The van der Waals surface area contributed by atoms with E-state index in [2.05, 4.69) is 6.92 Å². The van der Waals surface area contributed by atoms with Gasteiger partial charge in [-0.05, 0) is 86.9 Å². The molecule has 0 N–H and O–H groups in total. The second-order valence-electron chi connectivity index (χ2n) is 13.4. The molecule has 0 radical (unpaired) electrons. The fourth-order valence-electron chi connectivity index (χ4n) is 7.76. The third-order valence-corrected chi connectivity index (χ3v) is 15.0. The first-order valence-electron chi connectivity index (χ1n) is 16.2. The number of aryl methyl sites for hydroxylation is 4. The van der Waals surface area contributed by atoms with Crippen LogP contribution in [0.4, 0.5) is 0 Å². The van der Waals surface area contributed by atoms with Crippen LogP contribution in [0.3, 0.4) is 0 Å². The highest BCUT2D eigenvalue weighted by Crippen LogP contribution is 2.54. The standard InChI is InChI=1S/C39H42O5S2/c1-5-28-12-16-30(17-13-28)34-23-37(40)35-24-38(45(41,42)31-18-8-26(3)9-19-31)33(29-14-6-25(2)7-15-29)22-36(35)39(34)46(43,44)32-20-10-27(4)11-21-32/h6-21,33-36,38-39H,5,22-24H2,1-4H3. The van der Waals surface area contributed by atoms with Gasteiger partial charge in [0.25, 0.3) is 0 Å². The number of hydrogen-bond donors (Lipinski definition) is 0. The Morgan fingerprint density at radius 3 is 1.54 bits per heavy atom. The smallest absolute Gasteiger partial charge is 0.182 e. The lowest BCUT2D eigenvalue weighted by Gasteiger charge is -2.48. The van der Waals surface area contributed by atoms with Crippen LogP contribution in [-0.4, -0.2) is 33.1 Å². The first-order valence-corrected chi connectivity index (χ1v) is 19.3. The van der Waals surface area contributed by atoms with Crippen molar-refractivity contribution in [3.63, 3.8) is 0 Å². The van der Waals surface area contributed by atoms with Gasteiger partial charge in [-0.3, -0.25) is 4.79 Å². The molecule has 6 atom stereocenters. The van der Waals surface area contributed by atoms with Crippen molar-refractivity contribution in [3.05, 3.63) is 130 Å². The highest BCUT2D eigenvalue weighted by molar-refractivity contribution is 7.92. The summed E-state index contributed by atoms with van der Waals surface area (Å²) in [5, 5.41) is -1.73. The molecular formula is C39H42O5S2. The Kier molecular flexibility index (Phi) is 8.85. The summed E-state index contributed by atoms with van der Waals surface area (Å²) in [4.78, 5) is 14.6. The van der Waals surface area contributed by atoms with Crippen LogP contribution in [0.1, 0.15) is 71.4 Å². The fraction of sp³-hybridized carbons (Fsp3) is 0.359. The maximum absolute atomic E-state index is 14.8. The molecule has 6 rings (SSSR count). The Labute approximate surface area is 273 Å². The van der Waals surface area contributed by atoms with Gasteiger partial charge < -0.3 is 0 Å². The summed E-state index contributed by atoms with van der Waals surface area (Å²) < 4.78 is 58.3. The summed E-state index contributed by atoms with van der Waals surface area (Å²) in [7, 11) is -7.75. The summed E-state index contributed by atoms with van der Waals surface area (Å²) in [5.74, 6) is -2.27. The van der Waals surface area contributed by atoms with Gasteiger partial charge >= 0.3 is 0 Å². The summed E-state index contributed by atoms with van der Waals surface area (Å²) >= 11 is 0.